The second-order valence-electron chi connectivity index (χ2n) is 5.36. The number of imide groups is 1. The van der Waals surface area contributed by atoms with Crippen LogP contribution in [0.25, 0.3) is 10.8 Å². The van der Waals surface area contributed by atoms with Crippen molar-refractivity contribution < 1.29 is 9.59 Å². The van der Waals surface area contributed by atoms with Crippen molar-refractivity contribution in [2.75, 3.05) is 10.6 Å². The van der Waals surface area contributed by atoms with Gasteiger partial charge in [0.15, 0.2) is 0 Å². The van der Waals surface area contributed by atoms with Crippen molar-refractivity contribution in [3.05, 3.63) is 70.2 Å². The van der Waals surface area contributed by atoms with Gasteiger partial charge in [0.1, 0.15) is 0 Å². The maximum absolute atomic E-state index is 12.9. The first-order valence-electron chi connectivity index (χ1n) is 7.03. The Labute approximate surface area is 140 Å². The minimum Gasteiger partial charge on any atom is -0.399 e. The van der Waals surface area contributed by atoms with E-state index in [1.54, 1.807) is 36.4 Å². The molecule has 23 heavy (non-hydrogen) atoms. The van der Waals surface area contributed by atoms with Gasteiger partial charge in [0.25, 0.3) is 11.8 Å². The molecule has 1 heterocycles. The number of benzene rings is 3. The van der Waals surface area contributed by atoms with Crippen molar-refractivity contribution in [1.82, 2.24) is 0 Å². The van der Waals surface area contributed by atoms with Crippen LogP contribution in [0.15, 0.2) is 59.1 Å². The van der Waals surface area contributed by atoms with Gasteiger partial charge >= 0.3 is 0 Å². The number of carbonyl (C=O) groups excluding carboxylic acids is 2. The van der Waals surface area contributed by atoms with E-state index in [9.17, 15) is 9.59 Å². The minimum absolute atomic E-state index is 0.323. The zero-order valence-electron chi connectivity index (χ0n) is 11.9. The normalized spacial score (nSPS) is 13.7. The van der Waals surface area contributed by atoms with Crippen LogP contribution in [0.5, 0.6) is 0 Å². The van der Waals surface area contributed by atoms with Gasteiger partial charge in [0, 0.05) is 26.7 Å². The molecule has 2 N–H and O–H groups in total. The Balaban J connectivity index is 1.99. The highest BCUT2D eigenvalue weighted by Gasteiger charge is 2.34. The number of amides is 2. The number of carbonyl (C=O) groups is 2. The van der Waals surface area contributed by atoms with Crippen molar-refractivity contribution in [1.29, 1.82) is 0 Å². The first-order chi connectivity index (χ1) is 11.1. The standard InChI is InChI=1S/C18H11BrN2O2/c19-15-9-8-14-16-12(15)2-1-3-13(16)17(22)21(18(14)23)11-6-4-10(20)5-7-11/h1-9H,20H2. The molecule has 0 unspecified atom stereocenters. The van der Waals surface area contributed by atoms with Crippen LogP contribution >= 0.6 is 15.9 Å². The Kier molecular flexibility index (Phi) is 2.99. The van der Waals surface area contributed by atoms with Crippen LogP contribution in [-0.2, 0) is 0 Å². The topological polar surface area (TPSA) is 63.4 Å². The molecule has 2 amide bonds. The fourth-order valence-electron chi connectivity index (χ4n) is 2.92. The molecule has 4 nitrogen and oxygen atoms in total. The lowest BCUT2D eigenvalue weighted by molar-refractivity contribution is 0.0893. The Bertz CT molecular complexity index is 958. The highest BCUT2D eigenvalue weighted by Crippen LogP contribution is 2.36. The first kappa shape index (κ1) is 14.0. The molecule has 0 saturated carbocycles. The molecule has 0 bridgehead atoms. The molecule has 1 aliphatic rings. The molecule has 112 valence electrons. The second kappa shape index (κ2) is 4.93. The van der Waals surface area contributed by atoms with E-state index < -0.39 is 0 Å². The van der Waals surface area contributed by atoms with Gasteiger partial charge in [-0.1, -0.05) is 28.1 Å². The smallest absolute Gasteiger partial charge is 0.265 e. The zero-order chi connectivity index (χ0) is 16.1. The largest absolute Gasteiger partial charge is 0.399 e. The summed E-state index contributed by atoms with van der Waals surface area (Å²) in [5, 5.41) is 1.56. The van der Waals surface area contributed by atoms with Gasteiger partial charge in [0.2, 0.25) is 0 Å². The Morgan fingerprint density at radius 3 is 2.17 bits per heavy atom. The van der Waals surface area contributed by atoms with Crippen LogP contribution in [0.4, 0.5) is 11.4 Å². The fraction of sp³-hybridized carbons (Fsp3) is 0. The number of hydrogen-bond acceptors (Lipinski definition) is 3. The lowest BCUT2D eigenvalue weighted by Crippen LogP contribution is -2.40. The molecule has 3 aromatic rings. The lowest BCUT2D eigenvalue weighted by atomic mass is 9.94. The van der Waals surface area contributed by atoms with Gasteiger partial charge in [0.05, 0.1) is 5.69 Å². The van der Waals surface area contributed by atoms with Crippen molar-refractivity contribution in [2.45, 2.75) is 0 Å². The van der Waals surface area contributed by atoms with E-state index in [1.165, 1.54) is 4.90 Å². The molecular formula is C18H11BrN2O2. The predicted molar refractivity (Wildman–Crippen MR) is 93.6 cm³/mol. The summed E-state index contributed by atoms with van der Waals surface area (Å²) in [5.74, 6) is -0.646. The fourth-order valence-corrected chi connectivity index (χ4v) is 3.38. The van der Waals surface area contributed by atoms with Crippen LogP contribution in [0.3, 0.4) is 0 Å². The maximum atomic E-state index is 12.9. The van der Waals surface area contributed by atoms with Crippen LogP contribution in [0.2, 0.25) is 0 Å². The van der Waals surface area contributed by atoms with E-state index in [2.05, 4.69) is 15.9 Å². The summed E-state index contributed by atoms with van der Waals surface area (Å²) in [7, 11) is 0. The Morgan fingerprint density at radius 2 is 1.48 bits per heavy atom. The van der Waals surface area contributed by atoms with Gasteiger partial charge in [-0.2, -0.15) is 0 Å². The van der Waals surface area contributed by atoms with Crippen molar-refractivity contribution >= 4 is 49.9 Å². The highest BCUT2D eigenvalue weighted by atomic mass is 79.9. The van der Waals surface area contributed by atoms with Gasteiger partial charge in [-0.15, -0.1) is 0 Å². The number of rotatable bonds is 1. The Hall–Kier alpha value is -2.66. The summed E-state index contributed by atoms with van der Waals surface area (Å²) in [6.45, 7) is 0. The van der Waals surface area contributed by atoms with E-state index in [4.69, 9.17) is 5.73 Å². The Morgan fingerprint density at radius 1 is 0.826 bits per heavy atom. The molecule has 5 heteroatoms. The summed E-state index contributed by atoms with van der Waals surface area (Å²) in [4.78, 5) is 26.9. The highest BCUT2D eigenvalue weighted by molar-refractivity contribution is 9.10. The summed E-state index contributed by atoms with van der Waals surface area (Å²) in [6.07, 6.45) is 0. The van der Waals surface area contributed by atoms with Crippen LogP contribution in [0.1, 0.15) is 20.7 Å². The monoisotopic (exact) mass is 366 g/mol. The number of halogens is 1. The molecule has 0 saturated heterocycles. The predicted octanol–water partition coefficient (Wildman–Crippen LogP) is 3.99. The van der Waals surface area contributed by atoms with E-state index >= 15 is 0 Å². The third-order valence-corrected chi connectivity index (χ3v) is 4.70. The van der Waals surface area contributed by atoms with Crippen LogP contribution in [0, 0.1) is 0 Å². The lowest BCUT2D eigenvalue weighted by Gasteiger charge is -2.27. The third kappa shape index (κ3) is 1.97. The molecule has 0 aromatic heterocycles. The summed E-state index contributed by atoms with van der Waals surface area (Å²) >= 11 is 3.48. The van der Waals surface area contributed by atoms with E-state index in [1.807, 2.05) is 18.2 Å². The minimum atomic E-state index is -0.323. The van der Waals surface area contributed by atoms with Gasteiger partial charge < -0.3 is 5.73 Å². The van der Waals surface area contributed by atoms with E-state index in [0.717, 1.165) is 9.86 Å². The summed E-state index contributed by atoms with van der Waals surface area (Å²) < 4.78 is 0.861. The number of anilines is 2. The SMILES string of the molecule is Nc1ccc(N2C(=O)c3cccc4c(Br)ccc(c34)C2=O)cc1. The average Bonchev–Trinajstić information content (AvgIpc) is 2.56. The quantitative estimate of drug-likeness (QED) is 0.523. The molecule has 1 aliphatic heterocycles. The average molecular weight is 367 g/mol. The zero-order valence-corrected chi connectivity index (χ0v) is 13.5. The first-order valence-corrected chi connectivity index (χ1v) is 7.83. The van der Waals surface area contributed by atoms with Crippen LogP contribution < -0.4 is 10.6 Å². The van der Waals surface area contributed by atoms with E-state index in [0.29, 0.717) is 27.9 Å². The molecule has 0 atom stereocenters. The second-order valence-corrected chi connectivity index (χ2v) is 6.21. The molecule has 4 rings (SSSR count). The molecule has 0 aliphatic carbocycles. The molecule has 0 fully saturated rings. The molecule has 3 aromatic carbocycles. The van der Waals surface area contributed by atoms with E-state index in [-0.39, 0.29) is 11.8 Å². The molecule has 0 radical (unpaired) electrons. The third-order valence-electron chi connectivity index (χ3n) is 4.01. The van der Waals surface area contributed by atoms with Gasteiger partial charge in [-0.05, 0) is 47.9 Å². The number of nitrogens with two attached hydrogens (primary N) is 1. The summed E-state index contributed by atoms with van der Waals surface area (Å²) in [6, 6.07) is 15.7. The van der Waals surface area contributed by atoms with Gasteiger partial charge in [-0.3, -0.25) is 9.59 Å². The summed E-state index contributed by atoms with van der Waals surface area (Å²) in [5.41, 5.74) is 7.83. The van der Waals surface area contributed by atoms with Crippen molar-refractivity contribution in [3.8, 4) is 0 Å². The number of nitrogen functional groups attached to an aromatic ring is 1. The number of hydrogen-bond donors (Lipinski definition) is 1. The molecule has 0 spiro atoms. The van der Waals surface area contributed by atoms with Crippen LogP contribution in [-0.4, -0.2) is 11.8 Å². The number of nitrogens with zero attached hydrogens (tertiary/aromatic N) is 1. The maximum Gasteiger partial charge on any atom is 0.265 e. The van der Waals surface area contributed by atoms with Crippen molar-refractivity contribution in [3.63, 3.8) is 0 Å². The van der Waals surface area contributed by atoms with Gasteiger partial charge in [-0.25, -0.2) is 4.90 Å². The molecular weight excluding hydrogens is 356 g/mol. The van der Waals surface area contributed by atoms with Crippen molar-refractivity contribution in [2.24, 2.45) is 0 Å².